The van der Waals surface area contributed by atoms with Gasteiger partial charge in [-0.15, -0.1) is 0 Å². The van der Waals surface area contributed by atoms with E-state index in [4.69, 9.17) is 23.7 Å². The predicted molar refractivity (Wildman–Crippen MR) is 187 cm³/mol. The van der Waals surface area contributed by atoms with Crippen molar-refractivity contribution in [3.8, 4) is 23.0 Å². The minimum Gasteiger partial charge on any atom is -0.493 e. The van der Waals surface area contributed by atoms with Crippen LogP contribution in [0.4, 0.5) is 0 Å². The molecule has 0 saturated carbocycles. The van der Waals surface area contributed by atoms with Gasteiger partial charge in [0.05, 0.1) is 39.1 Å². The number of carbonyl (C=O) groups excluding carboxylic acids is 1. The molecule has 9 nitrogen and oxygen atoms in total. The van der Waals surface area contributed by atoms with Crippen molar-refractivity contribution in [3.05, 3.63) is 124 Å². The highest BCUT2D eigenvalue weighted by atomic mass is 127. The van der Waals surface area contributed by atoms with Crippen LogP contribution in [0.15, 0.2) is 93.9 Å². The maximum atomic E-state index is 14.1. The summed E-state index contributed by atoms with van der Waals surface area (Å²) >= 11 is 3.48. The summed E-state index contributed by atoms with van der Waals surface area (Å²) < 4.78 is 31.4. The van der Waals surface area contributed by atoms with Crippen LogP contribution in [-0.2, 0) is 16.1 Å². The molecule has 2 aliphatic rings. The second-order valence-corrected chi connectivity index (χ2v) is 13.0. The molecule has 0 aliphatic carbocycles. The highest BCUT2D eigenvalue weighted by Crippen LogP contribution is 2.39. The molecule has 0 fully saturated rings. The third-order valence-corrected chi connectivity index (χ3v) is 9.82. The largest absolute Gasteiger partial charge is 0.493 e. The summed E-state index contributed by atoms with van der Waals surface area (Å²) in [5, 5.41) is 2.29. The Bertz CT molecular complexity index is 2270. The molecule has 2 aliphatic heterocycles. The first-order valence-electron chi connectivity index (χ1n) is 14.9. The lowest BCUT2D eigenvalue weighted by atomic mass is 9.95. The standard InChI is InChI=1S/C36H29IN2O7S/c1-4-43-35(41)31-20(2)38-36-39(32(31)23-12-13-27-28(17-23)46-19-45-27)34(40)30(47-36)16-21-14-26(37)33(29(15-21)42-3)44-18-24-10-7-9-22-8-5-6-11-25(22)24/h5-17,32H,4,18-19H2,1-3H3/b30-16-/t32-/m1/s1. The van der Waals surface area contributed by atoms with Crippen LogP contribution in [0.3, 0.4) is 0 Å². The van der Waals surface area contributed by atoms with E-state index in [0.29, 0.717) is 55.8 Å². The van der Waals surface area contributed by atoms with Gasteiger partial charge in [-0.1, -0.05) is 59.9 Å². The molecular formula is C36H29IN2O7S. The normalized spacial score (nSPS) is 15.4. The number of aromatic nitrogens is 1. The molecule has 0 spiro atoms. The Kier molecular flexibility index (Phi) is 8.50. The number of nitrogens with zero attached hydrogens (tertiary/aromatic N) is 2. The fourth-order valence-corrected chi connectivity index (χ4v) is 7.70. The first-order chi connectivity index (χ1) is 22.9. The Hall–Kier alpha value is -4.62. The Labute approximate surface area is 287 Å². The smallest absolute Gasteiger partial charge is 0.338 e. The topological polar surface area (TPSA) is 97.6 Å². The molecule has 4 aromatic carbocycles. The number of hydrogen-bond acceptors (Lipinski definition) is 9. The van der Waals surface area contributed by atoms with E-state index in [1.165, 1.54) is 11.3 Å². The van der Waals surface area contributed by atoms with Crippen molar-refractivity contribution in [2.24, 2.45) is 4.99 Å². The van der Waals surface area contributed by atoms with E-state index in [0.717, 1.165) is 25.5 Å². The first kappa shape index (κ1) is 31.0. The lowest BCUT2D eigenvalue weighted by Crippen LogP contribution is -2.39. The number of methoxy groups -OCH3 is 1. The summed E-state index contributed by atoms with van der Waals surface area (Å²) in [6.07, 6.45) is 1.81. The zero-order valence-electron chi connectivity index (χ0n) is 25.7. The van der Waals surface area contributed by atoms with Crippen molar-refractivity contribution >= 4 is 56.7 Å². The highest BCUT2D eigenvalue weighted by Gasteiger charge is 2.34. The third-order valence-electron chi connectivity index (χ3n) is 8.03. The number of benzene rings is 4. The van der Waals surface area contributed by atoms with Crippen LogP contribution in [0.25, 0.3) is 16.8 Å². The summed E-state index contributed by atoms with van der Waals surface area (Å²) in [4.78, 5) is 32.5. The number of esters is 1. The van der Waals surface area contributed by atoms with Crippen molar-refractivity contribution in [3.63, 3.8) is 0 Å². The molecule has 0 saturated heterocycles. The monoisotopic (exact) mass is 760 g/mol. The number of carbonyl (C=O) groups is 1. The molecule has 0 radical (unpaired) electrons. The molecule has 238 valence electrons. The van der Waals surface area contributed by atoms with Crippen LogP contribution >= 0.6 is 33.9 Å². The van der Waals surface area contributed by atoms with Gasteiger partial charge < -0.3 is 23.7 Å². The van der Waals surface area contributed by atoms with Crippen molar-refractivity contribution in [1.82, 2.24) is 4.57 Å². The molecule has 0 unspecified atom stereocenters. The Morgan fingerprint density at radius 3 is 2.72 bits per heavy atom. The molecule has 1 aromatic heterocycles. The summed E-state index contributed by atoms with van der Waals surface area (Å²) in [6.45, 7) is 4.17. The number of allylic oxidation sites excluding steroid dienone is 1. The molecule has 0 N–H and O–H groups in total. The van der Waals surface area contributed by atoms with Gasteiger partial charge in [0.15, 0.2) is 27.8 Å². The average molecular weight is 761 g/mol. The van der Waals surface area contributed by atoms with E-state index in [1.54, 1.807) is 37.7 Å². The van der Waals surface area contributed by atoms with Crippen molar-refractivity contribution in [1.29, 1.82) is 0 Å². The Balaban J connectivity index is 1.27. The molecule has 7 rings (SSSR count). The number of halogens is 1. The molecule has 1 atom stereocenters. The predicted octanol–water partition coefficient (Wildman–Crippen LogP) is 5.87. The van der Waals surface area contributed by atoms with Crippen LogP contribution in [0.5, 0.6) is 23.0 Å². The third kappa shape index (κ3) is 5.78. The summed E-state index contributed by atoms with van der Waals surface area (Å²) in [5.41, 5.74) is 3.02. The van der Waals surface area contributed by atoms with Gasteiger partial charge in [-0.3, -0.25) is 9.36 Å². The van der Waals surface area contributed by atoms with E-state index in [-0.39, 0.29) is 19.0 Å². The number of ether oxygens (including phenoxy) is 5. The van der Waals surface area contributed by atoms with Gasteiger partial charge in [0, 0.05) is 0 Å². The molecule has 0 amide bonds. The fraction of sp³-hybridized carbons (Fsp3) is 0.194. The zero-order chi connectivity index (χ0) is 32.7. The summed E-state index contributed by atoms with van der Waals surface area (Å²) in [7, 11) is 1.60. The fourth-order valence-electron chi connectivity index (χ4n) is 5.87. The van der Waals surface area contributed by atoms with Crippen molar-refractivity contribution in [2.75, 3.05) is 20.5 Å². The second-order valence-electron chi connectivity index (χ2n) is 10.9. The number of hydrogen-bond donors (Lipinski definition) is 0. The zero-order valence-corrected chi connectivity index (χ0v) is 28.7. The molecular weight excluding hydrogens is 731 g/mol. The molecule has 0 bridgehead atoms. The van der Waals surface area contributed by atoms with Crippen LogP contribution in [0.2, 0.25) is 0 Å². The average Bonchev–Trinajstić information content (AvgIpc) is 3.66. The van der Waals surface area contributed by atoms with Gasteiger partial charge in [0.1, 0.15) is 6.61 Å². The van der Waals surface area contributed by atoms with E-state index in [9.17, 15) is 9.59 Å². The number of fused-ring (bicyclic) bond motifs is 3. The maximum Gasteiger partial charge on any atom is 0.338 e. The highest BCUT2D eigenvalue weighted by molar-refractivity contribution is 14.1. The summed E-state index contributed by atoms with van der Waals surface area (Å²) in [5.74, 6) is 1.80. The van der Waals surface area contributed by atoms with Crippen molar-refractivity contribution < 1.29 is 28.5 Å². The second kappa shape index (κ2) is 12.9. The summed E-state index contributed by atoms with van der Waals surface area (Å²) in [6, 6.07) is 22.8. The van der Waals surface area contributed by atoms with Gasteiger partial charge in [-0.25, -0.2) is 9.79 Å². The number of rotatable bonds is 8. The van der Waals surface area contributed by atoms with Gasteiger partial charge >= 0.3 is 5.97 Å². The number of thiazole rings is 1. The van der Waals surface area contributed by atoms with Crippen LogP contribution in [0, 0.1) is 3.57 Å². The van der Waals surface area contributed by atoms with Gasteiger partial charge in [0.2, 0.25) is 6.79 Å². The van der Waals surface area contributed by atoms with E-state index in [1.807, 2.05) is 42.5 Å². The Morgan fingerprint density at radius 1 is 1.09 bits per heavy atom. The Morgan fingerprint density at radius 2 is 1.89 bits per heavy atom. The van der Waals surface area contributed by atoms with Crippen LogP contribution in [-0.4, -0.2) is 31.0 Å². The van der Waals surface area contributed by atoms with Crippen molar-refractivity contribution in [2.45, 2.75) is 26.5 Å². The lowest BCUT2D eigenvalue weighted by molar-refractivity contribution is -0.139. The van der Waals surface area contributed by atoms with E-state index >= 15 is 0 Å². The quantitative estimate of drug-likeness (QED) is 0.144. The first-order valence-corrected chi connectivity index (χ1v) is 16.8. The molecule has 47 heavy (non-hydrogen) atoms. The minimum absolute atomic E-state index is 0.108. The maximum absolute atomic E-state index is 14.1. The van der Waals surface area contributed by atoms with E-state index < -0.39 is 12.0 Å². The van der Waals surface area contributed by atoms with Gasteiger partial charge in [0.25, 0.3) is 5.56 Å². The van der Waals surface area contributed by atoms with Gasteiger partial charge in [-0.05, 0) is 94.2 Å². The minimum atomic E-state index is -0.763. The van der Waals surface area contributed by atoms with Gasteiger partial charge in [-0.2, -0.15) is 0 Å². The lowest BCUT2D eigenvalue weighted by Gasteiger charge is -2.24. The van der Waals surface area contributed by atoms with E-state index in [2.05, 4.69) is 51.8 Å². The van der Waals surface area contributed by atoms with Crippen LogP contribution in [0.1, 0.15) is 36.6 Å². The molecule has 5 aromatic rings. The molecule has 11 heteroatoms. The SMILES string of the molecule is CCOC(=O)C1=C(C)N=c2s/c(=C\c3cc(I)c(OCc4cccc5ccccc45)c(OC)c3)c(=O)n2[C@@H]1c1ccc2c(c1)OCO2. The molecule has 3 heterocycles. The van der Waals surface area contributed by atoms with Crippen LogP contribution < -0.4 is 33.8 Å².